The van der Waals surface area contributed by atoms with Gasteiger partial charge >= 0.3 is 78.0 Å². The monoisotopic (exact) mass is 389 g/mol. The Morgan fingerprint density at radius 1 is 1.38 bits per heavy atom. The number of unbranched alkanes of at least 4 members (excludes halogenated alkanes) is 1. The molecule has 0 heterocycles. The van der Waals surface area contributed by atoms with Gasteiger partial charge in [0.2, 0.25) is 0 Å². The van der Waals surface area contributed by atoms with Gasteiger partial charge in [-0.15, -0.1) is 24.8 Å². The van der Waals surface area contributed by atoms with Crippen molar-refractivity contribution in [2.24, 2.45) is 0 Å². The van der Waals surface area contributed by atoms with Gasteiger partial charge in [-0.1, -0.05) is 0 Å². The number of hydrogen-bond donors (Lipinski definition) is 0. The van der Waals surface area contributed by atoms with E-state index in [1.807, 2.05) is 3.33 Å². The second-order valence-corrected chi connectivity index (χ2v) is 12.9. The van der Waals surface area contributed by atoms with E-state index in [4.69, 9.17) is 0 Å². The molecule has 0 atom stereocenters. The fraction of sp³-hybridized carbons (Fsp3) is 0.600. The molecule has 0 amide bonds. The van der Waals surface area contributed by atoms with Crippen LogP contribution < -0.4 is 0 Å². The Balaban J connectivity index is 0. The van der Waals surface area contributed by atoms with Gasteiger partial charge in [0.1, 0.15) is 0 Å². The Kier molecular flexibility index (Phi) is 11.9. The van der Waals surface area contributed by atoms with Crippen LogP contribution in [0, 0.1) is 0 Å². The van der Waals surface area contributed by atoms with Gasteiger partial charge in [-0.25, -0.2) is 0 Å². The van der Waals surface area contributed by atoms with E-state index in [0.29, 0.717) is 0 Å². The normalized spacial score (nSPS) is 12.9. The van der Waals surface area contributed by atoms with Crippen LogP contribution in [-0.4, -0.2) is 0 Å². The number of hydrogen-bond acceptors (Lipinski definition) is 0. The quantitative estimate of drug-likeness (QED) is 0.620. The Morgan fingerprint density at radius 3 is 2.54 bits per heavy atom. The van der Waals surface area contributed by atoms with E-state index in [1.165, 1.54) is 19.3 Å². The number of allylic oxidation sites excluding steroid dienone is 4. The van der Waals surface area contributed by atoms with Crippen molar-refractivity contribution in [1.82, 2.24) is 0 Å². The van der Waals surface area contributed by atoms with Gasteiger partial charge in [0.15, 0.2) is 0 Å². The topological polar surface area (TPSA) is 0 Å². The summed E-state index contributed by atoms with van der Waals surface area (Å²) < 4.78 is 5.97. The van der Waals surface area contributed by atoms with E-state index in [2.05, 4.69) is 29.8 Å². The van der Waals surface area contributed by atoms with Gasteiger partial charge in [0, 0.05) is 0 Å². The maximum absolute atomic E-state index is 2.55. The number of halogens is 2. The molecule has 77 valence electrons. The van der Waals surface area contributed by atoms with Gasteiger partial charge in [0.05, 0.1) is 0 Å². The van der Waals surface area contributed by atoms with Gasteiger partial charge in [-0.2, -0.15) is 0 Å². The second-order valence-electron chi connectivity index (χ2n) is 3.21. The molecule has 0 unspecified atom stereocenters. The summed E-state index contributed by atoms with van der Waals surface area (Å²) in [6.07, 6.45) is 11.0. The molecule has 0 spiro atoms. The first-order valence-corrected chi connectivity index (χ1v) is 12.5. The van der Waals surface area contributed by atoms with Crippen molar-refractivity contribution in [3.05, 3.63) is 21.6 Å². The summed E-state index contributed by atoms with van der Waals surface area (Å²) in [7, 11) is 0. The minimum Gasteiger partial charge on any atom is -0.147 e. The smallest absolute Gasteiger partial charge is 0.147 e. The molecule has 0 nitrogen and oxygen atoms in total. The van der Waals surface area contributed by atoms with Crippen LogP contribution in [0.25, 0.3) is 0 Å². The SMILES string of the molecule is CCC[CH2][Hf]([CH3])[C]1=CC=CC1.Cl.Cl. The molecule has 0 aromatic heterocycles. The van der Waals surface area contributed by atoms with E-state index in [0.717, 1.165) is 0 Å². The predicted octanol–water partition coefficient (Wildman–Crippen LogP) is 4.56. The summed E-state index contributed by atoms with van der Waals surface area (Å²) in [6, 6.07) is 0. The third-order valence-electron chi connectivity index (χ3n) is 2.22. The molecule has 0 fully saturated rings. The maximum Gasteiger partial charge on any atom is -0.147 e. The maximum atomic E-state index is 2.55. The van der Waals surface area contributed by atoms with Crippen molar-refractivity contribution in [2.75, 3.05) is 0 Å². The van der Waals surface area contributed by atoms with Gasteiger partial charge in [-0.3, -0.25) is 0 Å². The fourth-order valence-electron chi connectivity index (χ4n) is 1.37. The molecule has 1 aliphatic carbocycles. The van der Waals surface area contributed by atoms with Gasteiger partial charge in [-0.05, 0) is 0 Å². The van der Waals surface area contributed by atoms with E-state index in [-0.39, 0.29) is 24.8 Å². The Hall–Kier alpha value is 0.930. The first-order chi connectivity index (χ1) is 5.34. The van der Waals surface area contributed by atoms with Crippen LogP contribution in [0.5, 0.6) is 0 Å². The van der Waals surface area contributed by atoms with E-state index < -0.39 is 21.4 Å². The van der Waals surface area contributed by atoms with Crippen molar-refractivity contribution >= 4 is 24.8 Å². The van der Waals surface area contributed by atoms with Crippen LogP contribution in [0.4, 0.5) is 0 Å². The van der Waals surface area contributed by atoms with Crippen LogP contribution in [0.15, 0.2) is 21.6 Å². The van der Waals surface area contributed by atoms with Crippen molar-refractivity contribution < 1.29 is 21.4 Å². The molecule has 0 radical (unpaired) electrons. The molecule has 1 aliphatic rings. The zero-order chi connectivity index (χ0) is 8.10. The predicted molar refractivity (Wildman–Crippen MR) is 61.9 cm³/mol. The van der Waals surface area contributed by atoms with Crippen LogP contribution in [0.2, 0.25) is 8.86 Å². The standard InChI is InChI=1S/C5H5.C4H9.CH3.2ClH.Hf/c1-2-4-5-3-1;1-3-4-2;;;;/h1-3H,4H2;1,3-4H2,2H3;1H3;2*1H;. The molecule has 0 aromatic carbocycles. The van der Waals surface area contributed by atoms with E-state index in [1.54, 1.807) is 4.18 Å². The van der Waals surface area contributed by atoms with Crippen LogP contribution in [0.1, 0.15) is 26.2 Å². The summed E-state index contributed by atoms with van der Waals surface area (Å²) in [6.45, 7) is 2.29. The van der Waals surface area contributed by atoms with E-state index in [9.17, 15) is 0 Å². The molecular formula is C10H19Cl2Hf. The summed E-state index contributed by atoms with van der Waals surface area (Å²) in [4.78, 5) is 0. The average molecular weight is 389 g/mol. The number of rotatable bonds is 4. The van der Waals surface area contributed by atoms with Crippen molar-refractivity contribution in [3.8, 4) is 0 Å². The Labute approximate surface area is 102 Å². The third kappa shape index (κ3) is 6.09. The summed E-state index contributed by atoms with van der Waals surface area (Å²) in [5, 5.41) is 0. The van der Waals surface area contributed by atoms with E-state index >= 15 is 0 Å². The van der Waals surface area contributed by atoms with Crippen LogP contribution in [-0.2, 0) is 21.4 Å². The minimum absolute atomic E-state index is 0. The molecule has 3 heteroatoms. The largest absolute Gasteiger partial charge is 0.147 e. The molecule has 0 N–H and O–H groups in total. The van der Waals surface area contributed by atoms with Gasteiger partial charge < -0.3 is 0 Å². The molecule has 0 bridgehead atoms. The zero-order valence-electron chi connectivity index (χ0n) is 8.38. The van der Waals surface area contributed by atoms with Crippen molar-refractivity contribution in [2.45, 2.75) is 35.0 Å². The first-order valence-electron chi connectivity index (χ1n) is 4.53. The Morgan fingerprint density at radius 2 is 2.08 bits per heavy atom. The summed E-state index contributed by atoms with van der Waals surface area (Å²) in [5.41, 5.74) is 0. The minimum atomic E-state index is -1.16. The van der Waals surface area contributed by atoms with Crippen molar-refractivity contribution in [3.63, 3.8) is 0 Å². The summed E-state index contributed by atoms with van der Waals surface area (Å²) >= 11 is -1.16. The van der Waals surface area contributed by atoms with Gasteiger partial charge in [0.25, 0.3) is 0 Å². The Bertz CT molecular complexity index is 176. The molecule has 0 aromatic rings. The third-order valence-corrected chi connectivity index (χ3v) is 11.5. The molecule has 13 heavy (non-hydrogen) atoms. The average Bonchev–Trinajstić information content (AvgIpc) is 2.52. The summed E-state index contributed by atoms with van der Waals surface area (Å²) in [5.74, 6) is 0. The first kappa shape index (κ1) is 16.4. The van der Waals surface area contributed by atoms with Crippen molar-refractivity contribution in [1.29, 1.82) is 0 Å². The van der Waals surface area contributed by atoms with Crippen LogP contribution >= 0.6 is 24.8 Å². The fourth-order valence-corrected chi connectivity index (χ4v) is 8.74. The molecule has 0 aliphatic heterocycles. The molecular weight excluding hydrogens is 370 g/mol. The molecule has 0 saturated carbocycles. The van der Waals surface area contributed by atoms with Crippen LogP contribution in [0.3, 0.4) is 0 Å². The molecule has 1 rings (SSSR count). The second kappa shape index (κ2) is 9.48. The zero-order valence-corrected chi connectivity index (χ0v) is 13.6. The molecule has 0 saturated heterocycles.